The zero-order chi connectivity index (χ0) is 13.2. The Morgan fingerprint density at radius 2 is 2.06 bits per heavy atom. The maximum Gasteiger partial charge on any atom is 0.251 e. The Morgan fingerprint density at radius 3 is 2.53 bits per heavy atom. The second-order valence-corrected chi connectivity index (χ2v) is 6.65. The number of benzene rings is 1. The SMILES string of the molecule is CC(Br)C(C)(C)NC(=O)c1ccc(F)c(Br)c1. The van der Waals surface area contributed by atoms with E-state index in [0.29, 0.717) is 5.56 Å². The monoisotopic (exact) mass is 365 g/mol. The highest BCUT2D eigenvalue weighted by atomic mass is 79.9. The van der Waals surface area contributed by atoms with Gasteiger partial charge in [0.15, 0.2) is 0 Å². The highest BCUT2D eigenvalue weighted by molar-refractivity contribution is 9.10. The largest absolute Gasteiger partial charge is 0.346 e. The molecule has 1 aromatic carbocycles. The highest BCUT2D eigenvalue weighted by Gasteiger charge is 2.26. The number of nitrogens with one attached hydrogen (secondary N) is 1. The Labute approximate surface area is 117 Å². The minimum atomic E-state index is -0.380. The number of alkyl halides is 1. The van der Waals surface area contributed by atoms with Gasteiger partial charge in [-0.25, -0.2) is 4.39 Å². The average molecular weight is 367 g/mol. The molecule has 1 atom stereocenters. The van der Waals surface area contributed by atoms with Crippen molar-refractivity contribution >= 4 is 37.8 Å². The molecule has 17 heavy (non-hydrogen) atoms. The van der Waals surface area contributed by atoms with Crippen molar-refractivity contribution in [1.82, 2.24) is 5.32 Å². The first-order valence-electron chi connectivity index (χ1n) is 5.15. The molecule has 0 spiro atoms. The van der Waals surface area contributed by atoms with E-state index in [2.05, 4.69) is 37.2 Å². The fourth-order valence-corrected chi connectivity index (χ4v) is 1.59. The van der Waals surface area contributed by atoms with Gasteiger partial charge in [-0.15, -0.1) is 0 Å². The summed E-state index contributed by atoms with van der Waals surface area (Å²) in [6.07, 6.45) is 0. The summed E-state index contributed by atoms with van der Waals surface area (Å²) in [5, 5.41) is 2.89. The van der Waals surface area contributed by atoms with E-state index in [4.69, 9.17) is 0 Å². The first kappa shape index (κ1) is 14.6. The third kappa shape index (κ3) is 3.78. The summed E-state index contributed by atoms with van der Waals surface area (Å²) >= 11 is 6.50. The fourth-order valence-electron chi connectivity index (χ4n) is 1.10. The zero-order valence-electron chi connectivity index (χ0n) is 9.85. The highest BCUT2D eigenvalue weighted by Crippen LogP contribution is 2.20. The van der Waals surface area contributed by atoms with Crippen LogP contribution in [0.25, 0.3) is 0 Å². The van der Waals surface area contributed by atoms with Gasteiger partial charge in [-0.3, -0.25) is 4.79 Å². The van der Waals surface area contributed by atoms with Crippen LogP contribution in [-0.2, 0) is 0 Å². The van der Waals surface area contributed by atoms with Gasteiger partial charge in [0.05, 0.1) is 4.47 Å². The molecule has 0 fully saturated rings. The van der Waals surface area contributed by atoms with Gasteiger partial charge in [0.2, 0.25) is 0 Å². The van der Waals surface area contributed by atoms with E-state index >= 15 is 0 Å². The van der Waals surface area contributed by atoms with Gasteiger partial charge in [0, 0.05) is 15.9 Å². The molecule has 1 N–H and O–H groups in total. The molecule has 5 heteroatoms. The Kier molecular flexibility index (Phi) is 4.72. The number of rotatable bonds is 3. The lowest BCUT2D eigenvalue weighted by molar-refractivity contribution is 0.0914. The molecule has 0 aliphatic heterocycles. The van der Waals surface area contributed by atoms with Gasteiger partial charge in [-0.05, 0) is 48.0 Å². The van der Waals surface area contributed by atoms with E-state index < -0.39 is 0 Å². The third-order valence-electron chi connectivity index (χ3n) is 2.61. The zero-order valence-corrected chi connectivity index (χ0v) is 13.0. The molecule has 0 heterocycles. The summed E-state index contributed by atoms with van der Waals surface area (Å²) in [5.41, 5.74) is 0.0531. The van der Waals surface area contributed by atoms with E-state index in [9.17, 15) is 9.18 Å². The summed E-state index contributed by atoms with van der Waals surface area (Å²) in [6.45, 7) is 5.80. The summed E-state index contributed by atoms with van der Waals surface area (Å²) in [5.74, 6) is -0.600. The number of hydrogen-bond donors (Lipinski definition) is 1. The quantitative estimate of drug-likeness (QED) is 0.808. The van der Waals surface area contributed by atoms with E-state index in [1.54, 1.807) is 0 Å². The molecule has 1 aromatic rings. The molecular formula is C12H14Br2FNO. The van der Waals surface area contributed by atoms with Gasteiger partial charge < -0.3 is 5.32 Å². The molecule has 94 valence electrons. The van der Waals surface area contributed by atoms with Crippen molar-refractivity contribution in [2.24, 2.45) is 0 Å². The minimum absolute atomic E-state index is 0.128. The minimum Gasteiger partial charge on any atom is -0.346 e. The maximum absolute atomic E-state index is 13.0. The summed E-state index contributed by atoms with van der Waals surface area (Å²) < 4.78 is 13.3. The third-order valence-corrected chi connectivity index (χ3v) is 4.36. The van der Waals surface area contributed by atoms with Crippen LogP contribution < -0.4 is 5.32 Å². The smallest absolute Gasteiger partial charge is 0.251 e. The molecule has 2 nitrogen and oxygen atoms in total. The molecular weight excluding hydrogens is 353 g/mol. The second-order valence-electron chi connectivity index (χ2n) is 4.42. The molecule has 0 saturated heterocycles. The predicted molar refractivity (Wildman–Crippen MR) is 74.0 cm³/mol. The fraction of sp³-hybridized carbons (Fsp3) is 0.417. The Hall–Kier alpha value is -0.420. The standard InChI is InChI=1S/C12H14Br2FNO/c1-7(13)12(2,3)16-11(17)8-4-5-10(15)9(14)6-8/h4-7H,1-3H3,(H,16,17). The van der Waals surface area contributed by atoms with Crippen molar-refractivity contribution in [3.05, 3.63) is 34.1 Å². The van der Waals surface area contributed by atoms with Gasteiger partial charge in [0.1, 0.15) is 5.82 Å². The van der Waals surface area contributed by atoms with Gasteiger partial charge in [-0.2, -0.15) is 0 Å². The Bertz CT molecular complexity index is 433. The molecule has 0 bridgehead atoms. The van der Waals surface area contributed by atoms with E-state index in [-0.39, 0.29) is 26.6 Å². The number of carbonyl (C=O) groups is 1. The number of hydrogen-bond acceptors (Lipinski definition) is 1. The van der Waals surface area contributed by atoms with Crippen LogP contribution >= 0.6 is 31.9 Å². The van der Waals surface area contributed by atoms with Crippen molar-refractivity contribution in [1.29, 1.82) is 0 Å². The lowest BCUT2D eigenvalue weighted by Crippen LogP contribution is -2.48. The molecule has 0 saturated carbocycles. The molecule has 0 radical (unpaired) electrons. The van der Waals surface area contributed by atoms with Gasteiger partial charge in [-0.1, -0.05) is 22.9 Å². The number of amides is 1. The molecule has 0 aromatic heterocycles. The van der Waals surface area contributed by atoms with Crippen molar-refractivity contribution < 1.29 is 9.18 Å². The molecule has 0 aliphatic rings. The molecule has 1 unspecified atom stereocenters. The van der Waals surface area contributed by atoms with E-state index in [1.807, 2.05) is 20.8 Å². The summed E-state index contributed by atoms with van der Waals surface area (Å²) in [7, 11) is 0. The van der Waals surface area contributed by atoms with Crippen molar-refractivity contribution in [3.8, 4) is 0 Å². The molecule has 1 rings (SSSR count). The lowest BCUT2D eigenvalue weighted by Gasteiger charge is -2.29. The van der Waals surface area contributed by atoms with Crippen LogP contribution in [0.15, 0.2) is 22.7 Å². The van der Waals surface area contributed by atoms with Crippen LogP contribution in [0.4, 0.5) is 4.39 Å². The molecule has 0 aliphatic carbocycles. The van der Waals surface area contributed by atoms with Crippen molar-refractivity contribution in [2.75, 3.05) is 0 Å². The van der Waals surface area contributed by atoms with E-state index in [1.165, 1.54) is 18.2 Å². The van der Waals surface area contributed by atoms with Crippen LogP contribution in [0.5, 0.6) is 0 Å². The average Bonchev–Trinajstić information content (AvgIpc) is 2.21. The normalized spacial score (nSPS) is 13.3. The van der Waals surface area contributed by atoms with Crippen molar-refractivity contribution in [3.63, 3.8) is 0 Å². The maximum atomic E-state index is 13.0. The van der Waals surface area contributed by atoms with Crippen LogP contribution in [0.3, 0.4) is 0 Å². The van der Waals surface area contributed by atoms with Crippen molar-refractivity contribution in [2.45, 2.75) is 31.1 Å². The topological polar surface area (TPSA) is 29.1 Å². The van der Waals surface area contributed by atoms with Crippen LogP contribution in [-0.4, -0.2) is 16.3 Å². The van der Waals surface area contributed by atoms with Crippen LogP contribution in [0.1, 0.15) is 31.1 Å². The first-order chi connectivity index (χ1) is 7.74. The summed E-state index contributed by atoms with van der Waals surface area (Å²) in [6, 6.07) is 4.20. The van der Waals surface area contributed by atoms with E-state index in [0.717, 1.165) is 0 Å². The van der Waals surface area contributed by atoms with Crippen LogP contribution in [0.2, 0.25) is 0 Å². The number of halogens is 3. The lowest BCUT2D eigenvalue weighted by atomic mass is 10.0. The van der Waals surface area contributed by atoms with Gasteiger partial charge >= 0.3 is 0 Å². The predicted octanol–water partition coefficient (Wildman–Crippen LogP) is 3.88. The van der Waals surface area contributed by atoms with Crippen LogP contribution in [0, 0.1) is 5.82 Å². The Balaban J connectivity index is 2.87. The van der Waals surface area contributed by atoms with Gasteiger partial charge in [0.25, 0.3) is 5.91 Å². The second kappa shape index (κ2) is 5.48. The first-order valence-corrected chi connectivity index (χ1v) is 6.86. The summed E-state index contributed by atoms with van der Waals surface area (Å²) in [4.78, 5) is 12.1. The molecule has 1 amide bonds. The Morgan fingerprint density at radius 1 is 1.47 bits per heavy atom. The number of carbonyl (C=O) groups excluding carboxylic acids is 1.